The van der Waals surface area contributed by atoms with Gasteiger partial charge in [0.15, 0.2) is 0 Å². The molecule has 1 amide bonds. The Kier molecular flexibility index (Phi) is 12.8. The molecule has 0 spiro atoms. The van der Waals surface area contributed by atoms with Crippen molar-refractivity contribution in [2.75, 3.05) is 31.7 Å². The van der Waals surface area contributed by atoms with Crippen LogP contribution < -0.4 is 14.8 Å². The molecule has 0 heterocycles. The Balaban J connectivity index is 1.45. The quantitative estimate of drug-likeness (QED) is 0.0896. The molecular weight excluding hydrogens is 560 g/mol. The van der Waals surface area contributed by atoms with Gasteiger partial charge in [0.2, 0.25) is 0 Å². The number of benzene rings is 3. The summed E-state index contributed by atoms with van der Waals surface area (Å²) < 4.78 is 21.0. The molecule has 0 bridgehead atoms. The molecule has 0 aliphatic carbocycles. The lowest BCUT2D eigenvalue weighted by molar-refractivity contribution is -0.138. The second-order valence-electron chi connectivity index (χ2n) is 8.62. The van der Waals surface area contributed by atoms with Crippen molar-refractivity contribution in [3.8, 4) is 11.5 Å². The fourth-order valence-corrected chi connectivity index (χ4v) is 3.57. The number of aliphatic imine (C=N–C) groups is 1. The highest BCUT2D eigenvalue weighted by Gasteiger charge is 2.10. The first-order chi connectivity index (χ1) is 20.4. The molecule has 3 aromatic carbocycles. The van der Waals surface area contributed by atoms with E-state index >= 15 is 0 Å². The summed E-state index contributed by atoms with van der Waals surface area (Å²) in [6.45, 7) is 7.95. The van der Waals surface area contributed by atoms with Gasteiger partial charge in [-0.05, 0) is 72.3 Å². The van der Waals surface area contributed by atoms with Crippen molar-refractivity contribution in [3.63, 3.8) is 0 Å². The third-order valence-electron chi connectivity index (χ3n) is 5.50. The molecule has 10 heteroatoms. The number of halogens is 1. The molecule has 0 aromatic heterocycles. The molecule has 0 unspecified atom stereocenters. The second-order valence-corrected chi connectivity index (χ2v) is 9.02. The number of esters is 2. The molecule has 42 heavy (non-hydrogen) atoms. The topological polar surface area (TPSA) is 113 Å². The molecule has 0 atom stereocenters. The summed E-state index contributed by atoms with van der Waals surface area (Å²) >= 11 is 6.40. The summed E-state index contributed by atoms with van der Waals surface area (Å²) in [5, 5.41) is 3.14. The number of hydrogen-bond acceptors (Lipinski definition) is 8. The Morgan fingerprint density at radius 1 is 0.762 bits per heavy atom. The number of nitrogens with one attached hydrogen (secondary N) is 1. The highest BCUT2D eigenvalue weighted by Crippen LogP contribution is 2.28. The summed E-state index contributed by atoms with van der Waals surface area (Å²) in [6.07, 6.45) is 5.03. The van der Waals surface area contributed by atoms with Crippen molar-refractivity contribution in [2.45, 2.75) is 12.8 Å². The van der Waals surface area contributed by atoms with Gasteiger partial charge in [-0.25, -0.2) is 9.59 Å². The van der Waals surface area contributed by atoms with Crippen molar-refractivity contribution in [1.29, 1.82) is 0 Å². The number of carbonyl (C=O) groups is 3. The summed E-state index contributed by atoms with van der Waals surface area (Å²) in [4.78, 5) is 39.2. The van der Waals surface area contributed by atoms with Gasteiger partial charge in [-0.2, -0.15) is 0 Å². The molecule has 0 saturated carbocycles. The van der Waals surface area contributed by atoms with E-state index < -0.39 is 11.9 Å². The molecule has 218 valence electrons. The minimum absolute atomic E-state index is 0.235. The molecule has 1 N–H and O–H groups in total. The maximum absolute atomic E-state index is 12.7. The lowest BCUT2D eigenvalue weighted by Crippen LogP contribution is -2.12. The van der Waals surface area contributed by atoms with E-state index in [1.54, 1.807) is 48.7 Å². The molecule has 9 nitrogen and oxygen atoms in total. The van der Waals surface area contributed by atoms with Gasteiger partial charge in [0.25, 0.3) is 5.91 Å². The van der Waals surface area contributed by atoms with E-state index in [9.17, 15) is 14.4 Å². The highest BCUT2D eigenvalue weighted by molar-refractivity contribution is 6.34. The molecule has 0 saturated heterocycles. The van der Waals surface area contributed by atoms with E-state index in [0.29, 0.717) is 59.5 Å². The van der Waals surface area contributed by atoms with Crippen molar-refractivity contribution >= 4 is 47.0 Å². The lowest BCUT2D eigenvalue weighted by atomic mass is 10.2. The first-order valence-corrected chi connectivity index (χ1v) is 13.4. The smallest absolute Gasteiger partial charge is 0.330 e. The summed E-state index contributed by atoms with van der Waals surface area (Å²) in [6, 6.07) is 19.1. The predicted octanol–water partition coefficient (Wildman–Crippen LogP) is 6.34. The second kappa shape index (κ2) is 17.0. The normalized spacial score (nSPS) is 10.5. The zero-order valence-electron chi connectivity index (χ0n) is 22.9. The molecule has 3 aromatic rings. The number of carbonyl (C=O) groups excluding carboxylic acids is 3. The molecule has 0 fully saturated rings. The zero-order valence-corrected chi connectivity index (χ0v) is 23.7. The minimum Gasteiger partial charge on any atom is -0.493 e. The number of nitrogens with zero attached hydrogens (tertiary/aromatic N) is 1. The van der Waals surface area contributed by atoms with Gasteiger partial charge < -0.3 is 24.3 Å². The Morgan fingerprint density at radius 3 is 1.83 bits per heavy atom. The van der Waals surface area contributed by atoms with Crippen LogP contribution in [0.5, 0.6) is 11.5 Å². The lowest BCUT2D eigenvalue weighted by Gasteiger charge is -2.09. The van der Waals surface area contributed by atoms with Crippen LogP contribution in [0.1, 0.15) is 28.8 Å². The monoisotopic (exact) mass is 590 g/mol. The Hall–Kier alpha value is -4.89. The van der Waals surface area contributed by atoms with Crippen LogP contribution in [0.2, 0.25) is 5.02 Å². The maximum Gasteiger partial charge on any atom is 0.330 e. The van der Waals surface area contributed by atoms with Crippen LogP contribution in [0, 0.1) is 0 Å². The fourth-order valence-electron chi connectivity index (χ4n) is 3.34. The van der Waals surface area contributed by atoms with Crippen molar-refractivity contribution in [1.82, 2.24) is 0 Å². The molecule has 3 rings (SSSR count). The first kappa shape index (κ1) is 31.6. The van der Waals surface area contributed by atoms with Crippen LogP contribution in [0.25, 0.3) is 0 Å². The van der Waals surface area contributed by atoms with Crippen molar-refractivity contribution < 1.29 is 33.3 Å². The average molecular weight is 591 g/mol. The van der Waals surface area contributed by atoms with E-state index in [1.807, 2.05) is 24.3 Å². The van der Waals surface area contributed by atoms with E-state index in [0.717, 1.165) is 17.7 Å². The maximum atomic E-state index is 12.7. The minimum atomic E-state index is -0.471. The first-order valence-electron chi connectivity index (χ1n) is 13.1. The standard InChI is InChI=1S/C32H31ClN2O7/c1-3-30(36)41-19-5-17-39-26-12-7-23(8-13-26)22-34-25-11-16-29(28(33)21-25)35-32(38)24-9-14-27(15-10-24)40-18-6-20-42-31(37)4-2/h3-4,7-16,21-22H,1-2,5-6,17-20H2,(H,35,38)/b34-22+. The average Bonchev–Trinajstić information content (AvgIpc) is 3.01. The van der Waals surface area contributed by atoms with Crippen LogP contribution in [0.4, 0.5) is 11.4 Å². The van der Waals surface area contributed by atoms with Gasteiger partial charge in [0.05, 0.1) is 42.8 Å². The Labute approximate surface area is 249 Å². The van der Waals surface area contributed by atoms with Crippen LogP contribution in [0.15, 0.2) is 97.0 Å². The highest BCUT2D eigenvalue weighted by atomic mass is 35.5. The summed E-state index contributed by atoms with van der Waals surface area (Å²) in [5.41, 5.74) is 2.37. The van der Waals surface area contributed by atoms with Crippen molar-refractivity contribution in [2.24, 2.45) is 4.99 Å². The van der Waals surface area contributed by atoms with Gasteiger partial charge in [0.1, 0.15) is 11.5 Å². The van der Waals surface area contributed by atoms with Crippen LogP contribution in [0.3, 0.4) is 0 Å². The van der Waals surface area contributed by atoms with Gasteiger partial charge in [-0.15, -0.1) is 0 Å². The number of hydrogen-bond donors (Lipinski definition) is 1. The van der Waals surface area contributed by atoms with Gasteiger partial charge in [-0.1, -0.05) is 24.8 Å². The number of anilines is 1. The van der Waals surface area contributed by atoms with Gasteiger partial charge >= 0.3 is 11.9 Å². The van der Waals surface area contributed by atoms with Gasteiger partial charge in [-0.3, -0.25) is 9.79 Å². The van der Waals surface area contributed by atoms with E-state index in [1.165, 1.54) is 0 Å². The molecule has 0 radical (unpaired) electrons. The number of amides is 1. The van der Waals surface area contributed by atoms with Crippen LogP contribution >= 0.6 is 11.6 Å². The fraction of sp³-hybridized carbons (Fsp3) is 0.188. The van der Waals surface area contributed by atoms with E-state index in [-0.39, 0.29) is 19.1 Å². The SMILES string of the molecule is C=CC(=O)OCCCOc1ccc(/C=N/c2ccc(NC(=O)c3ccc(OCCCOC(=O)C=C)cc3)c(Cl)c2)cc1. The predicted molar refractivity (Wildman–Crippen MR) is 162 cm³/mol. The zero-order chi connectivity index (χ0) is 30.2. The Morgan fingerprint density at radius 2 is 1.31 bits per heavy atom. The molecule has 0 aliphatic heterocycles. The van der Waals surface area contributed by atoms with E-state index in [4.69, 9.17) is 30.5 Å². The van der Waals surface area contributed by atoms with Crippen LogP contribution in [-0.2, 0) is 19.1 Å². The number of rotatable bonds is 16. The van der Waals surface area contributed by atoms with Crippen LogP contribution in [-0.4, -0.2) is 50.5 Å². The molecule has 0 aliphatic rings. The van der Waals surface area contributed by atoms with Crippen molar-refractivity contribution in [3.05, 3.63) is 108 Å². The molecular formula is C32H31ClN2O7. The number of ether oxygens (including phenoxy) is 4. The third-order valence-corrected chi connectivity index (χ3v) is 5.81. The summed E-state index contributed by atoms with van der Waals surface area (Å²) in [5.74, 6) is 0.0363. The van der Waals surface area contributed by atoms with E-state index in [2.05, 4.69) is 23.5 Å². The largest absolute Gasteiger partial charge is 0.493 e. The summed E-state index contributed by atoms with van der Waals surface area (Å²) in [7, 11) is 0. The third kappa shape index (κ3) is 10.9. The Bertz CT molecular complexity index is 1400. The van der Waals surface area contributed by atoms with Gasteiger partial charge in [0, 0.05) is 36.8 Å².